The van der Waals surface area contributed by atoms with Gasteiger partial charge in [-0.1, -0.05) is 18.2 Å². The predicted molar refractivity (Wildman–Crippen MR) is 93.2 cm³/mol. The number of hydrogen-bond acceptors (Lipinski definition) is 4. The number of aryl methyl sites for hydroxylation is 2. The van der Waals surface area contributed by atoms with Gasteiger partial charge in [0.2, 0.25) is 0 Å². The number of para-hydroxylation sites is 1. The molecule has 5 nitrogen and oxygen atoms in total. The van der Waals surface area contributed by atoms with Crippen LogP contribution in [0, 0.1) is 6.92 Å². The zero-order chi connectivity index (χ0) is 16.9. The largest absolute Gasteiger partial charge is 0.469 e. The Balaban J connectivity index is 1.90. The van der Waals surface area contributed by atoms with Crippen molar-refractivity contribution < 1.29 is 9.53 Å². The molecule has 0 aliphatic rings. The van der Waals surface area contributed by atoms with Crippen molar-refractivity contribution in [3.63, 3.8) is 0 Å². The fourth-order valence-electron chi connectivity index (χ4n) is 2.77. The molecule has 0 N–H and O–H groups in total. The number of unbranched alkanes of at least 4 members (excludes halogenated alkanes) is 1. The Morgan fingerprint density at radius 1 is 1.08 bits per heavy atom. The fourth-order valence-corrected chi connectivity index (χ4v) is 2.77. The van der Waals surface area contributed by atoms with Crippen molar-refractivity contribution in [3.8, 4) is 5.69 Å². The van der Waals surface area contributed by atoms with Crippen molar-refractivity contribution in [2.24, 2.45) is 0 Å². The Kier molecular flexibility index (Phi) is 4.89. The number of esters is 1. The summed E-state index contributed by atoms with van der Waals surface area (Å²) in [6.45, 7) is 1.98. The number of pyridine rings is 1. The van der Waals surface area contributed by atoms with E-state index in [9.17, 15) is 4.79 Å². The fraction of sp³-hybridized carbons (Fsp3) is 0.316. The monoisotopic (exact) mass is 323 g/mol. The van der Waals surface area contributed by atoms with Crippen molar-refractivity contribution in [1.82, 2.24) is 14.5 Å². The molecule has 124 valence electrons. The second kappa shape index (κ2) is 7.25. The lowest BCUT2D eigenvalue weighted by molar-refractivity contribution is -0.140. The molecule has 0 radical (unpaired) electrons. The summed E-state index contributed by atoms with van der Waals surface area (Å²) in [6.07, 6.45) is 2.90. The van der Waals surface area contributed by atoms with E-state index >= 15 is 0 Å². The number of nitrogens with zero attached hydrogens (tertiary/aromatic N) is 3. The van der Waals surface area contributed by atoms with Crippen LogP contribution in [0.25, 0.3) is 16.9 Å². The first-order valence-corrected chi connectivity index (χ1v) is 8.16. The van der Waals surface area contributed by atoms with Crippen molar-refractivity contribution in [2.75, 3.05) is 7.11 Å². The van der Waals surface area contributed by atoms with Gasteiger partial charge in [-0.05, 0) is 44.0 Å². The van der Waals surface area contributed by atoms with E-state index in [1.165, 1.54) is 7.11 Å². The number of carbonyl (C=O) groups is 1. The second-order valence-corrected chi connectivity index (χ2v) is 5.78. The molecule has 24 heavy (non-hydrogen) atoms. The summed E-state index contributed by atoms with van der Waals surface area (Å²) in [5.41, 5.74) is 3.80. The Morgan fingerprint density at radius 2 is 1.88 bits per heavy atom. The van der Waals surface area contributed by atoms with Gasteiger partial charge in [0.1, 0.15) is 11.3 Å². The molecule has 2 aromatic heterocycles. The van der Waals surface area contributed by atoms with Crippen molar-refractivity contribution >= 4 is 17.1 Å². The summed E-state index contributed by atoms with van der Waals surface area (Å²) in [5.74, 6) is 0.808. The highest BCUT2D eigenvalue weighted by Crippen LogP contribution is 2.21. The van der Waals surface area contributed by atoms with Gasteiger partial charge < -0.3 is 4.74 Å². The Morgan fingerprint density at radius 3 is 2.62 bits per heavy atom. The minimum absolute atomic E-state index is 0.163. The molecule has 0 aliphatic carbocycles. The van der Waals surface area contributed by atoms with Gasteiger partial charge in [0.25, 0.3) is 0 Å². The third kappa shape index (κ3) is 3.45. The molecule has 0 spiro atoms. The van der Waals surface area contributed by atoms with Crippen LogP contribution < -0.4 is 0 Å². The molecular formula is C19H21N3O2. The summed E-state index contributed by atoms with van der Waals surface area (Å²) in [4.78, 5) is 20.7. The first-order valence-electron chi connectivity index (χ1n) is 8.16. The molecule has 1 aromatic carbocycles. The molecule has 0 bridgehead atoms. The number of fused-ring (bicyclic) bond motifs is 1. The standard InChI is InChI=1S/C19H21N3O2/c1-14-12-13-16-19(20-14)22(15-8-4-3-5-9-15)17(21-16)10-6-7-11-18(23)24-2/h3-5,8-9,12-13H,6-7,10-11H2,1-2H3. The van der Waals surface area contributed by atoms with E-state index < -0.39 is 0 Å². The molecule has 3 rings (SSSR count). The summed E-state index contributed by atoms with van der Waals surface area (Å²) in [6, 6.07) is 14.1. The second-order valence-electron chi connectivity index (χ2n) is 5.78. The highest BCUT2D eigenvalue weighted by molar-refractivity contribution is 5.74. The first-order chi connectivity index (χ1) is 11.7. The molecule has 0 unspecified atom stereocenters. The van der Waals surface area contributed by atoms with Gasteiger partial charge in [-0.15, -0.1) is 0 Å². The third-order valence-electron chi connectivity index (χ3n) is 3.99. The molecule has 0 saturated heterocycles. The average molecular weight is 323 g/mol. The minimum atomic E-state index is -0.163. The lowest BCUT2D eigenvalue weighted by atomic mass is 10.2. The molecule has 0 fully saturated rings. The smallest absolute Gasteiger partial charge is 0.305 e. The number of rotatable bonds is 6. The zero-order valence-electron chi connectivity index (χ0n) is 14.0. The first kappa shape index (κ1) is 16.2. The highest BCUT2D eigenvalue weighted by atomic mass is 16.5. The minimum Gasteiger partial charge on any atom is -0.469 e. The van der Waals surface area contributed by atoms with E-state index in [-0.39, 0.29) is 5.97 Å². The maximum atomic E-state index is 11.2. The van der Waals surface area contributed by atoms with E-state index in [2.05, 4.69) is 26.4 Å². The number of ether oxygens (including phenoxy) is 1. The van der Waals surface area contributed by atoms with E-state index in [4.69, 9.17) is 4.98 Å². The SMILES string of the molecule is COC(=O)CCCCc1nc2ccc(C)nc2n1-c1ccccc1. The molecule has 0 atom stereocenters. The number of methoxy groups -OCH3 is 1. The quantitative estimate of drug-likeness (QED) is 0.513. The number of imidazole rings is 1. The van der Waals surface area contributed by atoms with E-state index in [0.29, 0.717) is 6.42 Å². The molecule has 0 saturated carbocycles. The Labute approximate surface area is 141 Å². The maximum Gasteiger partial charge on any atom is 0.305 e. The van der Waals surface area contributed by atoms with Gasteiger partial charge in [-0.2, -0.15) is 0 Å². The number of benzene rings is 1. The predicted octanol–water partition coefficient (Wildman–Crippen LogP) is 3.61. The van der Waals surface area contributed by atoms with E-state index in [1.807, 2.05) is 37.3 Å². The van der Waals surface area contributed by atoms with Crippen molar-refractivity contribution in [3.05, 3.63) is 54.0 Å². The van der Waals surface area contributed by atoms with Crippen LogP contribution in [0.4, 0.5) is 0 Å². The maximum absolute atomic E-state index is 11.2. The van der Waals surface area contributed by atoms with Crippen LogP contribution in [-0.2, 0) is 16.0 Å². The van der Waals surface area contributed by atoms with Gasteiger partial charge in [-0.3, -0.25) is 9.36 Å². The molecule has 0 aliphatic heterocycles. The molecule has 0 amide bonds. The highest BCUT2D eigenvalue weighted by Gasteiger charge is 2.13. The Hall–Kier alpha value is -2.69. The van der Waals surface area contributed by atoms with Crippen LogP contribution in [0.5, 0.6) is 0 Å². The summed E-state index contributed by atoms with van der Waals surface area (Å²) in [7, 11) is 1.42. The summed E-state index contributed by atoms with van der Waals surface area (Å²) >= 11 is 0. The van der Waals surface area contributed by atoms with Crippen molar-refractivity contribution in [2.45, 2.75) is 32.6 Å². The van der Waals surface area contributed by atoms with Gasteiger partial charge in [0.15, 0.2) is 5.65 Å². The Bertz CT molecular complexity index is 840. The number of hydrogen-bond donors (Lipinski definition) is 0. The van der Waals surface area contributed by atoms with Gasteiger partial charge in [-0.25, -0.2) is 9.97 Å². The van der Waals surface area contributed by atoms with E-state index in [1.54, 1.807) is 0 Å². The van der Waals surface area contributed by atoms with Crippen LogP contribution in [-0.4, -0.2) is 27.6 Å². The average Bonchev–Trinajstić information content (AvgIpc) is 2.96. The van der Waals surface area contributed by atoms with Crippen LogP contribution >= 0.6 is 0 Å². The zero-order valence-corrected chi connectivity index (χ0v) is 14.0. The molecular weight excluding hydrogens is 302 g/mol. The lowest BCUT2D eigenvalue weighted by Crippen LogP contribution is -2.04. The summed E-state index contributed by atoms with van der Waals surface area (Å²) < 4.78 is 6.80. The van der Waals surface area contributed by atoms with Crippen LogP contribution in [0.2, 0.25) is 0 Å². The normalized spacial score (nSPS) is 10.9. The number of aromatic nitrogens is 3. The topological polar surface area (TPSA) is 57.0 Å². The van der Waals surface area contributed by atoms with Gasteiger partial charge in [0.05, 0.1) is 7.11 Å². The third-order valence-corrected chi connectivity index (χ3v) is 3.99. The molecule has 3 aromatic rings. The van der Waals surface area contributed by atoms with E-state index in [0.717, 1.165) is 47.6 Å². The van der Waals surface area contributed by atoms with Crippen LogP contribution in [0.1, 0.15) is 30.8 Å². The molecule has 2 heterocycles. The lowest BCUT2D eigenvalue weighted by Gasteiger charge is -2.08. The van der Waals surface area contributed by atoms with Crippen LogP contribution in [0.15, 0.2) is 42.5 Å². The molecule has 5 heteroatoms. The van der Waals surface area contributed by atoms with Crippen molar-refractivity contribution in [1.29, 1.82) is 0 Å². The van der Waals surface area contributed by atoms with Crippen LogP contribution in [0.3, 0.4) is 0 Å². The summed E-state index contributed by atoms with van der Waals surface area (Å²) in [5, 5.41) is 0. The van der Waals surface area contributed by atoms with Gasteiger partial charge in [0, 0.05) is 24.2 Å². The number of carbonyl (C=O) groups excluding carboxylic acids is 1. The van der Waals surface area contributed by atoms with Gasteiger partial charge >= 0.3 is 5.97 Å².